The predicted molar refractivity (Wildman–Crippen MR) is 474 cm³/mol. The summed E-state index contributed by atoms with van der Waals surface area (Å²) >= 11 is 0. The SMILES string of the molecule is C=Cn1cc([C@@H]2O[C@H](CCP(=C)(C)C)[C@@H](O)[C@H]2O)c(=O)[nH]c1=O.C=P(C)(C)CC[C@H]1OC(c2cn(C)c(=O)n(C)c2=O)[C@H](O)[C@@H]1O.C=P(C)(C)CC[C@H]1O[C@@H](c2cn(CC)c(=O)[nH]c2=O)[C@H](O)[C@@H]1O.C=P(C)(C)CC[C@H]1O[C@@H](c2cn(CCC)c(=O)[nH]c2=O)[C@H](O)[C@@H]1O.C=P(C)(C)CC[C@H]1O[C@@H](c2cn(CCCC)c(=O)[nH]c2=O)[C@H](O)[C@@H]1O. The fraction of sp³-hybridized carbons (Fsp3) is 0.654. The van der Waals surface area contributed by atoms with Crippen LogP contribution in [-0.2, 0) is 57.4 Å². The molecule has 0 aromatic carbocycles. The summed E-state index contributed by atoms with van der Waals surface area (Å²) in [5, 5.41) is 102. The lowest BCUT2D eigenvalue weighted by atomic mass is 10.0. The van der Waals surface area contributed by atoms with Crippen molar-refractivity contribution in [2.24, 2.45) is 14.1 Å². The minimum atomic E-state index is -1.28. The molecule has 10 rings (SSSR count). The monoisotopic (exact) mass is 1760 g/mol. The number of rotatable bonds is 27. The Kier molecular flexibility index (Phi) is 36.3. The smallest absolute Gasteiger partial charge is 0.332 e. The lowest BCUT2D eigenvalue weighted by Gasteiger charge is -2.18. The van der Waals surface area contributed by atoms with Crippen LogP contribution in [0.1, 0.15) is 130 Å². The quantitative estimate of drug-likeness (QED) is 0.0304. The molecule has 666 valence electrons. The summed E-state index contributed by atoms with van der Waals surface area (Å²) in [6, 6.07) is 0. The molecule has 0 radical (unpaired) electrons. The van der Waals surface area contributed by atoms with E-state index in [-0.39, 0.29) is 27.8 Å². The van der Waals surface area contributed by atoms with E-state index in [0.717, 1.165) is 59.2 Å². The first-order valence-electron chi connectivity index (χ1n) is 39.3. The number of ether oxygens (including phenoxy) is 5. The van der Waals surface area contributed by atoms with Crippen molar-refractivity contribution in [1.29, 1.82) is 0 Å². The predicted octanol–water partition coefficient (Wildman–Crippen LogP) is -0.134. The standard InChI is InChI=1S/C17H29N2O5P.C16H27N2O5P.2C15H25N2O5P.C15H23N2O5P/c1-5-6-8-19-10-11(16(22)18-17(19)23)15-14(21)13(20)12(24-15)7-9-25(2,3)4;1-5-7-18-9-10(15(21)17-16(18)22)14-13(20)12(19)11(23-14)6-8-24(2,3)4;1-16-8-9(14(20)17(2)15(16)21)13-12(19)11(18)10(22-13)6-7-23(3,4)5;2*1-5-17-8-9(14(20)16-15(17)21)13-12(19)11(18)10(22-13)6-7-23(2,3)4/h10,12-15,20-21H,2,5-9H2,1,3-4H3,(H,18,22,23);9,11-14,19-20H,2,5-8H2,1,3-4H3,(H,17,21,22);8,10-13,18-19H,3,6-7H2,1-2,4-5H3;8,10-13,18-19H,2,5-7H2,1,3-4H3,(H,16,20,21);5,8,10-13,18-19H,1-2,6-7H2,3-4H3,(H,16,20,21)/t12-,13-,14-,15+;11-,12-,13-,14+;10-,11-,12-,13?;2*10-,11-,12-,13+/m11111/s1. The molecule has 5 saturated heterocycles. The van der Waals surface area contributed by atoms with Crippen molar-refractivity contribution in [1.82, 2.24) is 47.3 Å². The van der Waals surface area contributed by atoms with Crippen LogP contribution in [0.2, 0.25) is 0 Å². The van der Waals surface area contributed by atoms with Gasteiger partial charge in [-0.1, -0.05) is 26.8 Å². The summed E-state index contributed by atoms with van der Waals surface area (Å²) in [6.45, 7) is 25.0. The molecule has 10 heterocycles. The summed E-state index contributed by atoms with van der Waals surface area (Å²) in [4.78, 5) is 128. The first-order valence-corrected chi connectivity index (χ1v) is 54.5. The highest BCUT2D eigenvalue weighted by Gasteiger charge is 2.49. The molecule has 5 aliphatic rings. The van der Waals surface area contributed by atoms with Crippen molar-refractivity contribution in [2.75, 3.05) is 97.5 Å². The Morgan fingerprint density at radius 1 is 0.364 bits per heavy atom. The number of aromatic nitrogens is 10. The Morgan fingerprint density at radius 2 is 0.627 bits per heavy atom. The molecule has 20 atom stereocenters. The van der Waals surface area contributed by atoms with Crippen LogP contribution in [0, 0.1) is 0 Å². The van der Waals surface area contributed by atoms with E-state index in [9.17, 15) is 99.0 Å². The van der Waals surface area contributed by atoms with Gasteiger partial charge >= 0.3 is 28.4 Å². The van der Waals surface area contributed by atoms with Gasteiger partial charge in [0, 0.05) is 70.9 Å². The number of H-pyrrole nitrogens is 4. The van der Waals surface area contributed by atoms with Crippen LogP contribution in [-0.4, -0.2) is 319 Å². The van der Waals surface area contributed by atoms with Crippen molar-refractivity contribution in [3.63, 3.8) is 0 Å². The third-order valence-corrected chi connectivity index (χ3v) is 28.1. The molecule has 0 spiro atoms. The highest BCUT2D eigenvalue weighted by molar-refractivity contribution is 7.73. The van der Waals surface area contributed by atoms with E-state index in [1.165, 1.54) is 69.5 Å². The van der Waals surface area contributed by atoms with E-state index in [4.69, 9.17) is 23.7 Å². The van der Waals surface area contributed by atoms with E-state index < -0.39 is 213 Å². The number of nitrogens with zero attached hydrogens (tertiary/aromatic N) is 6. The summed E-state index contributed by atoms with van der Waals surface area (Å²) in [6.07, 6.45) is 19.3. The first-order chi connectivity index (χ1) is 54.6. The molecule has 40 heteroatoms. The lowest BCUT2D eigenvalue weighted by molar-refractivity contribution is 0.00476. The number of aliphatic hydroxyl groups excluding tert-OH is 10. The van der Waals surface area contributed by atoms with Gasteiger partial charge in [-0.15, -0.1) is 65.9 Å². The van der Waals surface area contributed by atoms with Gasteiger partial charge in [0.15, 0.2) is 0 Å². The molecule has 5 aromatic rings. The van der Waals surface area contributed by atoms with Crippen LogP contribution in [0.15, 0.2) is 85.5 Å². The zero-order valence-electron chi connectivity index (χ0n) is 70.6. The third kappa shape index (κ3) is 27.3. The molecule has 0 saturated carbocycles. The fourth-order valence-electron chi connectivity index (χ4n) is 13.8. The largest absolute Gasteiger partial charge is 0.388 e. The van der Waals surface area contributed by atoms with E-state index >= 15 is 0 Å². The molecule has 118 heavy (non-hydrogen) atoms. The molecule has 5 fully saturated rings. The van der Waals surface area contributed by atoms with Crippen LogP contribution >= 0.6 is 34.4 Å². The fourth-order valence-corrected chi connectivity index (χ4v) is 18.6. The molecule has 35 nitrogen and oxygen atoms in total. The van der Waals surface area contributed by atoms with E-state index in [2.05, 4.69) is 125 Å². The number of aromatic amines is 4. The van der Waals surface area contributed by atoms with Crippen LogP contribution in [0.4, 0.5) is 0 Å². The summed E-state index contributed by atoms with van der Waals surface area (Å²) < 4.78 is 36.2. The zero-order chi connectivity index (χ0) is 89.1. The number of aryl methyl sites for hydroxylation is 4. The number of hydrogen-bond donors (Lipinski definition) is 14. The van der Waals surface area contributed by atoms with Crippen LogP contribution in [0.25, 0.3) is 6.20 Å². The van der Waals surface area contributed by atoms with Gasteiger partial charge in [0.05, 0.1) is 58.3 Å². The van der Waals surface area contributed by atoms with Gasteiger partial charge in [-0.25, -0.2) is 24.0 Å². The minimum absolute atomic E-state index is 0.0854. The van der Waals surface area contributed by atoms with Crippen molar-refractivity contribution in [3.8, 4) is 0 Å². The third-order valence-electron chi connectivity index (χ3n) is 20.8. The topological polar surface area (TPSA) is 512 Å². The van der Waals surface area contributed by atoms with E-state index in [0.29, 0.717) is 51.7 Å². The Morgan fingerprint density at radius 3 is 0.898 bits per heavy atom. The average molecular weight is 1760 g/mol. The molecule has 0 amide bonds. The van der Waals surface area contributed by atoms with Crippen molar-refractivity contribution >= 4 is 72.1 Å². The average Bonchev–Trinajstić information content (AvgIpc) is 1.60. The Balaban J connectivity index is 0.000000229. The second kappa shape index (κ2) is 42.4. The van der Waals surface area contributed by atoms with Gasteiger partial charge in [-0.2, -0.15) is 0 Å². The maximum absolute atomic E-state index is 12.3. The second-order valence-electron chi connectivity index (χ2n) is 34.5. The van der Waals surface area contributed by atoms with Crippen molar-refractivity contribution in [3.05, 3.63) is 170 Å². The number of nitrogens with one attached hydrogen (secondary N) is 4. The normalized spacial score (nSPS) is 27.8. The molecule has 0 bridgehead atoms. The summed E-state index contributed by atoms with van der Waals surface area (Å²) in [5.41, 5.74) is -4.72. The summed E-state index contributed by atoms with van der Waals surface area (Å²) in [7, 11) is 2.90. The second-order valence-corrected chi connectivity index (χ2v) is 56.0. The molecule has 5 aliphatic heterocycles. The molecular formula is C78H129N10O25P5. The molecular weight excluding hydrogens is 1630 g/mol. The highest BCUT2D eigenvalue weighted by atomic mass is 31.2. The molecule has 5 aromatic heterocycles. The number of aliphatic hydroxyl groups is 10. The van der Waals surface area contributed by atoms with Crippen molar-refractivity contribution < 1.29 is 74.7 Å². The Bertz CT molecular complexity index is 5160. The van der Waals surface area contributed by atoms with E-state index in [1.54, 1.807) is 6.92 Å². The Hall–Kier alpha value is -5.96. The van der Waals surface area contributed by atoms with Gasteiger partial charge in [0.25, 0.3) is 27.8 Å². The van der Waals surface area contributed by atoms with Crippen LogP contribution < -0.4 is 56.2 Å². The molecule has 14 N–H and O–H groups in total. The first kappa shape index (κ1) is 101. The zero-order valence-corrected chi connectivity index (χ0v) is 75.1. The highest BCUT2D eigenvalue weighted by Crippen LogP contribution is 2.45. The van der Waals surface area contributed by atoms with Crippen molar-refractivity contribution in [2.45, 2.75) is 214 Å². The van der Waals surface area contributed by atoms with Gasteiger partial charge < -0.3 is 93.0 Å². The maximum Gasteiger partial charge on any atom is 0.332 e. The van der Waals surface area contributed by atoms with E-state index in [1.807, 2.05) is 13.8 Å². The molecule has 0 aliphatic carbocycles. The molecule has 1 unspecified atom stereocenters. The summed E-state index contributed by atoms with van der Waals surface area (Å²) in [5.74, 6) is 0. The van der Waals surface area contributed by atoms with Crippen LogP contribution in [0.3, 0.4) is 0 Å². The van der Waals surface area contributed by atoms with Crippen LogP contribution in [0.5, 0.6) is 0 Å². The number of hydrogen-bond acceptors (Lipinski definition) is 25. The van der Waals surface area contributed by atoms with Gasteiger partial charge in [-0.05, 0) is 149 Å². The van der Waals surface area contributed by atoms with Gasteiger partial charge in [0.1, 0.15) is 91.6 Å². The Labute approximate surface area is 685 Å². The lowest BCUT2D eigenvalue weighted by Crippen LogP contribution is -2.40. The van der Waals surface area contributed by atoms with Gasteiger partial charge in [0.2, 0.25) is 0 Å². The van der Waals surface area contributed by atoms with Gasteiger partial charge in [-0.3, -0.25) is 53.0 Å². The maximum atomic E-state index is 12.3. The minimum Gasteiger partial charge on any atom is -0.388 e. The number of unbranched alkanes of at least 4 members (excludes halogenated alkanes) is 1.